The van der Waals surface area contributed by atoms with E-state index in [9.17, 15) is 4.39 Å². The molecule has 90 valence electrons. The number of thiazole rings is 1. The van der Waals surface area contributed by atoms with Gasteiger partial charge in [0.25, 0.3) is 0 Å². The second-order valence-corrected chi connectivity index (χ2v) is 5.27. The van der Waals surface area contributed by atoms with Crippen LogP contribution in [-0.2, 0) is 6.42 Å². The van der Waals surface area contributed by atoms with Gasteiger partial charge in [0.2, 0.25) is 0 Å². The highest BCUT2D eigenvalue weighted by molar-refractivity contribution is 7.09. The van der Waals surface area contributed by atoms with Crippen LogP contribution in [0.1, 0.15) is 22.3 Å². The first-order chi connectivity index (χ1) is 8.08. The molecule has 2 aromatic rings. The minimum absolute atomic E-state index is 0.320. The van der Waals surface area contributed by atoms with Crippen LogP contribution in [0, 0.1) is 12.7 Å². The molecule has 0 bridgehead atoms. The Balaban J connectivity index is 2.21. The molecule has 0 aliphatic rings. The van der Waals surface area contributed by atoms with Crippen molar-refractivity contribution in [3.8, 4) is 0 Å². The van der Waals surface area contributed by atoms with Crippen LogP contribution in [0.2, 0.25) is 5.02 Å². The Morgan fingerprint density at radius 2 is 2.29 bits per heavy atom. The third-order valence-electron chi connectivity index (χ3n) is 2.50. The predicted octanol–water partition coefficient (Wildman–Crippen LogP) is 3.49. The SMILES string of the molecule is Cc1nc(C(N)Cc2c(F)cccc2Cl)cs1. The van der Waals surface area contributed by atoms with Crippen LogP contribution >= 0.6 is 22.9 Å². The van der Waals surface area contributed by atoms with Crippen molar-refractivity contribution in [2.24, 2.45) is 5.73 Å². The monoisotopic (exact) mass is 270 g/mol. The highest BCUT2D eigenvalue weighted by Gasteiger charge is 2.15. The minimum Gasteiger partial charge on any atom is -0.322 e. The summed E-state index contributed by atoms with van der Waals surface area (Å²) in [6.45, 7) is 1.91. The molecule has 2 rings (SSSR count). The zero-order valence-corrected chi connectivity index (χ0v) is 10.9. The minimum atomic E-state index is -0.325. The zero-order valence-electron chi connectivity index (χ0n) is 9.28. The first-order valence-electron chi connectivity index (χ1n) is 5.18. The van der Waals surface area contributed by atoms with Gasteiger partial charge in [0.1, 0.15) is 5.82 Å². The zero-order chi connectivity index (χ0) is 12.4. The third-order valence-corrected chi connectivity index (χ3v) is 3.65. The van der Waals surface area contributed by atoms with E-state index in [1.165, 1.54) is 17.4 Å². The molecule has 2 N–H and O–H groups in total. The van der Waals surface area contributed by atoms with Gasteiger partial charge < -0.3 is 5.73 Å². The molecule has 17 heavy (non-hydrogen) atoms. The van der Waals surface area contributed by atoms with E-state index in [0.29, 0.717) is 17.0 Å². The van der Waals surface area contributed by atoms with Crippen LogP contribution in [0.25, 0.3) is 0 Å². The summed E-state index contributed by atoms with van der Waals surface area (Å²) >= 11 is 7.49. The van der Waals surface area contributed by atoms with Gasteiger partial charge in [-0.15, -0.1) is 11.3 Å². The number of hydrogen-bond donors (Lipinski definition) is 1. The Labute approximate surface area is 108 Å². The van der Waals surface area contributed by atoms with E-state index >= 15 is 0 Å². The van der Waals surface area contributed by atoms with Gasteiger partial charge in [0.15, 0.2) is 0 Å². The summed E-state index contributed by atoms with van der Waals surface area (Å²) in [5.74, 6) is -0.320. The van der Waals surface area contributed by atoms with Gasteiger partial charge >= 0.3 is 0 Å². The summed E-state index contributed by atoms with van der Waals surface area (Å²) in [4.78, 5) is 4.29. The van der Waals surface area contributed by atoms with Crippen LogP contribution in [0.3, 0.4) is 0 Å². The second kappa shape index (κ2) is 5.12. The number of aromatic nitrogens is 1. The molecular weight excluding hydrogens is 259 g/mol. The van der Waals surface area contributed by atoms with Gasteiger partial charge in [-0.1, -0.05) is 17.7 Å². The molecule has 0 saturated heterocycles. The number of benzene rings is 1. The number of rotatable bonds is 3. The van der Waals surface area contributed by atoms with E-state index in [1.54, 1.807) is 12.1 Å². The average molecular weight is 271 g/mol. The first kappa shape index (κ1) is 12.5. The molecule has 2 nitrogen and oxygen atoms in total. The lowest BCUT2D eigenvalue weighted by Crippen LogP contribution is -2.15. The van der Waals surface area contributed by atoms with Gasteiger partial charge in [-0.3, -0.25) is 0 Å². The Morgan fingerprint density at radius 1 is 1.53 bits per heavy atom. The molecule has 0 aliphatic heterocycles. The quantitative estimate of drug-likeness (QED) is 0.927. The fourth-order valence-corrected chi connectivity index (χ4v) is 2.52. The average Bonchev–Trinajstić information content (AvgIpc) is 2.70. The van der Waals surface area contributed by atoms with Crippen molar-refractivity contribution in [3.63, 3.8) is 0 Å². The lowest BCUT2D eigenvalue weighted by molar-refractivity contribution is 0.590. The molecule has 1 unspecified atom stereocenters. The van der Waals surface area contributed by atoms with Crippen LogP contribution in [0.4, 0.5) is 4.39 Å². The number of nitrogens with zero attached hydrogens (tertiary/aromatic N) is 1. The Bertz CT molecular complexity index is 507. The van der Waals surface area contributed by atoms with Gasteiger partial charge in [0, 0.05) is 16.0 Å². The fourth-order valence-electron chi connectivity index (χ4n) is 1.60. The normalized spacial score (nSPS) is 12.7. The van der Waals surface area contributed by atoms with Gasteiger partial charge in [-0.25, -0.2) is 9.37 Å². The Hall–Kier alpha value is -0.970. The maximum absolute atomic E-state index is 13.6. The Kier molecular flexibility index (Phi) is 3.76. The molecular formula is C12H12ClFN2S. The topological polar surface area (TPSA) is 38.9 Å². The molecule has 0 amide bonds. The van der Waals surface area contributed by atoms with Crippen molar-refractivity contribution in [1.82, 2.24) is 4.98 Å². The van der Waals surface area contributed by atoms with Gasteiger partial charge in [-0.05, 0) is 25.5 Å². The lowest BCUT2D eigenvalue weighted by Gasteiger charge is -2.11. The summed E-state index contributed by atoms with van der Waals surface area (Å²) in [5, 5.41) is 3.26. The van der Waals surface area contributed by atoms with E-state index in [4.69, 9.17) is 17.3 Å². The first-order valence-corrected chi connectivity index (χ1v) is 6.44. The Morgan fingerprint density at radius 3 is 2.88 bits per heavy atom. The van der Waals surface area contributed by atoms with Crippen molar-refractivity contribution in [2.75, 3.05) is 0 Å². The standard InChI is InChI=1S/C12H12ClFN2S/c1-7-16-12(6-17-7)11(15)5-8-9(13)3-2-4-10(8)14/h2-4,6,11H,5,15H2,1H3. The molecule has 0 fully saturated rings. The van der Waals surface area contributed by atoms with Crippen molar-refractivity contribution in [1.29, 1.82) is 0 Å². The molecule has 1 aromatic heterocycles. The van der Waals surface area contributed by atoms with Crippen molar-refractivity contribution in [3.05, 3.63) is 50.7 Å². The van der Waals surface area contributed by atoms with Crippen LogP contribution < -0.4 is 5.73 Å². The van der Waals surface area contributed by atoms with E-state index in [-0.39, 0.29) is 11.9 Å². The second-order valence-electron chi connectivity index (χ2n) is 3.80. The summed E-state index contributed by atoms with van der Waals surface area (Å²) in [6, 6.07) is 4.31. The smallest absolute Gasteiger partial charge is 0.127 e. The van der Waals surface area contributed by atoms with E-state index in [2.05, 4.69) is 4.98 Å². The summed E-state index contributed by atoms with van der Waals surface area (Å²) in [5.41, 5.74) is 7.23. The molecule has 1 atom stereocenters. The number of aryl methyl sites for hydroxylation is 1. The highest BCUT2D eigenvalue weighted by atomic mass is 35.5. The number of halogens is 2. The highest BCUT2D eigenvalue weighted by Crippen LogP contribution is 2.25. The maximum atomic E-state index is 13.6. The van der Waals surface area contributed by atoms with E-state index in [1.807, 2.05) is 12.3 Å². The summed E-state index contributed by atoms with van der Waals surface area (Å²) in [6.07, 6.45) is 0.356. The molecule has 1 aromatic carbocycles. The van der Waals surface area contributed by atoms with Gasteiger partial charge in [0.05, 0.1) is 16.7 Å². The van der Waals surface area contributed by atoms with E-state index < -0.39 is 0 Å². The van der Waals surface area contributed by atoms with Crippen LogP contribution in [-0.4, -0.2) is 4.98 Å². The van der Waals surface area contributed by atoms with Crippen molar-refractivity contribution < 1.29 is 4.39 Å². The van der Waals surface area contributed by atoms with E-state index in [0.717, 1.165) is 10.7 Å². The molecule has 0 radical (unpaired) electrons. The lowest BCUT2D eigenvalue weighted by atomic mass is 10.0. The van der Waals surface area contributed by atoms with Gasteiger partial charge in [-0.2, -0.15) is 0 Å². The number of hydrogen-bond acceptors (Lipinski definition) is 3. The van der Waals surface area contributed by atoms with Crippen LogP contribution in [0.5, 0.6) is 0 Å². The maximum Gasteiger partial charge on any atom is 0.127 e. The largest absolute Gasteiger partial charge is 0.322 e. The van der Waals surface area contributed by atoms with Crippen molar-refractivity contribution in [2.45, 2.75) is 19.4 Å². The molecule has 5 heteroatoms. The predicted molar refractivity (Wildman–Crippen MR) is 68.9 cm³/mol. The summed E-state index contributed by atoms with van der Waals surface area (Å²) < 4.78 is 13.6. The molecule has 0 spiro atoms. The van der Waals surface area contributed by atoms with Crippen molar-refractivity contribution >= 4 is 22.9 Å². The number of nitrogens with two attached hydrogens (primary N) is 1. The molecule has 0 saturated carbocycles. The third kappa shape index (κ3) is 2.83. The fraction of sp³-hybridized carbons (Fsp3) is 0.250. The molecule has 1 heterocycles. The van der Waals surface area contributed by atoms with Crippen LogP contribution in [0.15, 0.2) is 23.6 Å². The molecule has 0 aliphatic carbocycles. The summed E-state index contributed by atoms with van der Waals surface area (Å²) in [7, 11) is 0.